The molecule has 3 N–H and O–H groups in total. The van der Waals surface area contributed by atoms with E-state index in [1.165, 1.54) is 0 Å². The lowest BCUT2D eigenvalue weighted by molar-refractivity contribution is 0.230. The molecule has 0 heterocycles. The van der Waals surface area contributed by atoms with Crippen LogP contribution < -0.4 is 15.4 Å². The Morgan fingerprint density at radius 1 is 0.929 bits per heavy atom. The van der Waals surface area contributed by atoms with Gasteiger partial charge in [0, 0.05) is 18.6 Å². The smallest absolute Gasteiger partial charge is 0.315 e. The highest BCUT2D eigenvalue weighted by molar-refractivity contribution is 7.89. The lowest BCUT2D eigenvalue weighted by Gasteiger charge is -2.29. The number of benzene rings is 2. The Balaban J connectivity index is 1.42. The summed E-state index contributed by atoms with van der Waals surface area (Å²) in [5.74, 6) is 0. The van der Waals surface area contributed by atoms with Crippen LogP contribution in [-0.4, -0.2) is 26.5 Å². The van der Waals surface area contributed by atoms with Gasteiger partial charge < -0.3 is 10.6 Å². The maximum atomic E-state index is 12.5. The average Bonchev–Trinajstić information content (AvgIpc) is 2.69. The summed E-state index contributed by atoms with van der Waals surface area (Å²) in [4.78, 5) is 12.4. The molecule has 0 aliphatic heterocycles. The lowest BCUT2D eigenvalue weighted by atomic mass is 9.92. The first-order valence-electron chi connectivity index (χ1n) is 9.60. The first-order valence-corrected chi connectivity index (χ1v) is 11.1. The molecule has 1 saturated carbocycles. The van der Waals surface area contributed by atoms with Crippen LogP contribution in [0.2, 0.25) is 0 Å². The van der Waals surface area contributed by atoms with Crippen LogP contribution in [-0.2, 0) is 16.6 Å². The molecule has 0 unspecified atom stereocenters. The van der Waals surface area contributed by atoms with E-state index in [0.717, 1.165) is 24.0 Å². The van der Waals surface area contributed by atoms with E-state index in [1.54, 1.807) is 24.3 Å². The Labute approximate surface area is 166 Å². The third-order valence-electron chi connectivity index (χ3n) is 5.01. The van der Waals surface area contributed by atoms with Crippen molar-refractivity contribution in [3.8, 4) is 0 Å². The van der Waals surface area contributed by atoms with Crippen LogP contribution in [0.5, 0.6) is 0 Å². The van der Waals surface area contributed by atoms with Crippen molar-refractivity contribution >= 4 is 16.1 Å². The molecule has 0 radical (unpaired) electrons. The molecule has 2 amide bonds. The minimum Gasteiger partial charge on any atom is -0.335 e. The van der Waals surface area contributed by atoms with Crippen molar-refractivity contribution in [2.45, 2.75) is 56.1 Å². The number of carbonyl (C=O) groups is 1. The fourth-order valence-corrected chi connectivity index (χ4v) is 4.68. The molecule has 0 spiro atoms. The highest BCUT2D eigenvalue weighted by Gasteiger charge is 2.26. The zero-order chi connectivity index (χ0) is 20.0. The van der Waals surface area contributed by atoms with Crippen LogP contribution in [0.15, 0.2) is 59.5 Å². The van der Waals surface area contributed by atoms with E-state index in [2.05, 4.69) is 15.4 Å². The fraction of sp³-hybridized carbons (Fsp3) is 0.381. The predicted molar refractivity (Wildman–Crippen MR) is 109 cm³/mol. The number of aryl methyl sites for hydroxylation is 1. The molecule has 7 heteroatoms. The lowest BCUT2D eigenvalue weighted by Crippen LogP contribution is -2.46. The summed E-state index contributed by atoms with van der Waals surface area (Å²) in [5, 5.41) is 5.84. The van der Waals surface area contributed by atoms with Crippen molar-refractivity contribution in [3.05, 3.63) is 65.7 Å². The topological polar surface area (TPSA) is 87.3 Å². The monoisotopic (exact) mass is 401 g/mol. The molecule has 0 atom stereocenters. The van der Waals surface area contributed by atoms with Gasteiger partial charge in [0.25, 0.3) is 0 Å². The predicted octanol–water partition coefficient (Wildman–Crippen LogP) is 3.08. The van der Waals surface area contributed by atoms with E-state index < -0.39 is 10.0 Å². The van der Waals surface area contributed by atoms with Gasteiger partial charge in [0.1, 0.15) is 0 Å². The van der Waals surface area contributed by atoms with Crippen molar-refractivity contribution in [2.24, 2.45) is 0 Å². The van der Waals surface area contributed by atoms with Gasteiger partial charge in [0.05, 0.1) is 4.90 Å². The van der Waals surface area contributed by atoms with Crippen LogP contribution >= 0.6 is 0 Å². The summed E-state index contributed by atoms with van der Waals surface area (Å²) >= 11 is 0. The van der Waals surface area contributed by atoms with Gasteiger partial charge in [-0.3, -0.25) is 0 Å². The van der Waals surface area contributed by atoms with Crippen LogP contribution in [0.25, 0.3) is 0 Å². The van der Waals surface area contributed by atoms with E-state index in [-0.39, 0.29) is 18.1 Å². The molecule has 0 saturated heterocycles. The number of carbonyl (C=O) groups excluding carboxylic acids is 1. The maximum Gasteiger partial charge on any atom is 0.315 e. The second-order valence-corrected chi connectivity index (χ2v) is 9.01. The van der Waals surface area contributed by atoms with Gasteiger partial charge in [-0.15, -0.1) is 0 Å². The molecule has 2 aromatic carbocycles. The first-order chi connectivity index (χ1) is 13.4. The molecule has 6 nitrogen and oxygen atoms in total. The number of nitrogens with one attached hydrogen (secondary N) is 3. The van der Waals surface area contributed by atoms with E-state index in [9.17, 15) is 13.2 Å². The summed E-state index contributed by atoms with van der Waals surface area (Å²) in [6.07, 6.45) is 2.91. The van der Waals surface area contributed by atoms with Gasteiger partial charge in [0.15, 0.2) is 0 Å². The Morgan fingerprint density at radius 3 is 2.18 bits per heavy atom. The summed E-state index contributed by atoms with van der Waals surface area (Å²) in [7, 11) is -3.51. The quantitative estimate of drug-likeness (QED) is 0.695. The van der Waals surface area contributed by atoms with Gasteiger partial charge in [0.2, 0.25) is 10.0 Å². The minimum absolute atomic E-state index is 0.0657. The Hall–Kier alpha value is -2.38. The molecule has 2 aromatic rings. The molecule has 28 heavy (non-hydrogen) atoms. The number of hydrogen-bond donors (Lipinski definition) is 3. The normalized spacial score (nSPS) is 19.8. The van der Waals surface area contributed by atoms with Crippen LogP contribution in [0.3, 0.4) is 0 Å². The minimum atomic E-state index is -3.51. The molecule has 150 valence electrons. The van der Waals surface area contributed by atoms with Crippen LogP contribution in [0, 0.1) is 6.92 Å². The van der Waals surface area contributed by atoms with Crippen molar-refractivity contribution in [1.29, 1.82) is 0 Å². The number of rotatable bonds is 6. The molecular formula is C21H27N3O3S. The summed E-state index contributed by atoms with van der Waals surface area (Å²) in [6, 6.07) is 16.4. The average molecular weight is 402 g/mol. The van der Waals surface area contributed by atoms with Crippen LogP contribution in [0.4, 0.5) is 4.79 Å². The highest BCUT2D eigenvalue weighted by atomic mass is 32.2. The zero-order valence-corrected chi connectivity index (χ0v) is 16.8. The van der Waals surface area contributed by atoms with Gasteiger partial charge in [-0.25, -0.2) is 17.9 Å². The molecule has 0 bridgehead atoms. The van der Waals surface area contributed by atoms with E-state index in [4.69, 9.17) is 0 Å². The van der Waals surface area contributed by atoms with Crippen molar-refractivity contribution in [1.82, 2.24) is 15.4 Å². The fourth-order valence-electron chi connectivity index (χ4n) is 3.38. The Bertz CT molecular complexity index is 875. The number of amides is 2. The first kappa shape index (κ1) is 20.4. The molecule has 3 rings (SSSR count). The third-order valence-corrected chi connectivity index (χ3v) is 6.55. The molecular weight excluding hydrogens is 374 g/mol. The Kier molecular flexibility index (Phi) is 6.70. The van der Waals surface area contributed by atoms with Gasteiger partial charge >= 0.3 is 6.03 Å². The van der Waals surface area contributed by atoms with Gasteiger partial charge in [-0.05, 0) is 50.3 Å². The number of sulfonamides is 1. The number of hydrogen-bond acceptors (Lipinski definition) is 3. The molecule has 1 aliphatic rings. The summed E-state index contributed by atoms with van der Waals surface area (Å²) in [6.45, 7) is 2.41. The van der Waals surface area contributed by atoms with Gasteiger partial charge in [-0.2, -0.15) is 0 Å². The number of urea groups is 1. The van der Waals surface area contributed by atoms with E-state index in [0.29, 0.717) is 24.3 Å². The maximum absolute atomic E-state index is 12.5. The van der Waals surface area contributed by atoms with Crippen molar-refractivity contribution in [2.75, 3.05) is 0 Å². The third kappa shape index (κ3) is 5.81. The van der Waals surface area contributed by atoms with E-state index >= 15 is 0 Å². The zero-order valence-electron chi connectivity index (χ0n) is 16.0. The summed E-state index contributed by atoms with van der Waals surface area (Å²) < 4.78 is 27.8. The molecule has 1 aliphatic carbocycles. The second-order valence-electron chi connectivity index (χ2n) is 7.30. The largest absolute Gasteiger partial charge is 0.335 e. The van der Waals surface area contributed by atoms with Crippen LogP contribution in [0.1, 0.15) is 36.8 Å². The summed E-state index contributed by atoms with van der Waals surface area (Å²) in [5.41, 5.74) is 2.07. The highest BCUT2D eigenvalue weighted by Crippen LogP contribution is 2.21. The van der Waals surface area contributed by atoms with Crippen molar-refractivity contribution < 1.29 is 13.2 Å². The Morgan fingerprint density at radius 2 is 1.54 bits per heavy atom. The van der Waals surface area contributed by atoms with Gasteiger partial charge in [-0.1, -0.05) is 48.0 Å². The second kappa shape index (κ2) is 9.21. The standard InChI is InChI=1S/C21H27N3O3S/c1-16-7-13-20(14-8-16)28(26,27)24-19-11-9-18(10-12-19)23-21(25)22-15-17-5-3-2-4-6-17/h2-8,13-14,18-19,24H,9-12,15H2,1H3,(H2,22,23,25). The molecule has 1 fully saturated rings. The SMILES string of the molecule is Cc1ccc(S(=O)(=O)NC2CCC(NC(=O)NCc3ccccc3)CC2)cc1. The molecule has 0 aromatic heterocycles. The van der Waals surface area contributed by atoms with E-state index in [1.807, 2.05) is 37.3 Å². The van der Waals surface area contributed by atoms with Crippen molar-refractivity contribution in [3.63, 3.8) is 0 Å².